The number of rotatable bonds is 9. The van der Waals surface area contributed by atoms with Gasteiger partial charge in [-0.2, -0.15) is 0 Å². The van der Waals surface area contributed by atoms with Crippen molar-refractivity contribution in [1.29, 1.82) is 0 Å². The molecule has 0 N–H and O–H groups in total. The Morgan fingerprint density at radius 3 is 2.28 bits per heavy atom. The van der Waals surface area contributed by atoms with E-state index >= 15 is 0 Å². The van der Waals surface area contributed by atoms with E-state index in [4.69, 9.17) is 9.47 Å². The van der Waals surface area contributed by atoms with E-state index in [-0.39, 0.29) is 5.41 Å². The molecule has 0 saturated carbocycles. The van der Waals surface area contributed by atoms with Gasteiger partial charge in [0.05, 0.1) is 13.7 Å². The standard InChI is InChI=1S/C23H32O2/c1-16-10-11-23(7,14-16)18(3)12-17(2)20(5)21(6)22(15-24-8)13-19(4)25-9/h10-13,16H,3-6,14-15H2,1-2,7-9H3/b17-12-,22-13-/t16?,23-/m0/s1. The zero-order valence-electron chi connectivity index (χ0n) is 16.4. The van der Waals surface area contributed by atoms with Gasteiger partial charge in [0, 0.05) is 12.5 Å². The summed E-state index contributed by atoms with van der Waals surface area (Å²) in [5.74, 6) is 1.15. The van der Waals surface area contributed by atoms with Crippen molar-refractivity contribution in [1.82, 2.24) is 0 Å². The summed E-state index contributed by atoms with van der Waals surface area (Å²) in [6.45, 7) is 23.5. The van der Waals surface area contributed by atoms with Gasteiger partial charge in [-0.05, 0) is 53.2 Å². The van der Waals surface area contributed by atoms with Gasteiger partial charge in [0.1, 0.15) is 5.76 Å². The van der Waals surface area contributed by atoms with Gasteiger partial charge in [-0.15, -0.1) is 0 Å². The molecule has 0 saturated heterocycles. The predicted octanol–water partition coefficient (Wildman–Crippen LogP) is 5.94. The van der Waals surface area contributed by atoms with Crippen LogP contribution in [0.3, 0.4) is 0 Å². The summed E-state index contributed by atoms with van der Waals surface area (Å²) in [5, 5.41) is 0. The first kappa shape index (κ1) is 21.0. The van der Waals surface area contributed by atoms with Crippen LogP contribution in [-0.4, -0.2) is 20.8 Å². The molecule has 2 heteroatoms. The molecule has 1 rings (SSSR count). The highest BCUT2D eigenvalue weighted by molar-refractivity contribution is 5.55. The smallest absolute Gasteiger partial charge is 0.112 e. The van der Waals surface area contributed by atoms with Gasteiger partial charge >= 0.3 is 0 Å². The maximum absolute atomic E-state index is 5.28. The molecule has 0 aromatic carbocycles. The van der Waals surface area contributed by atoms with E-state index in [1.54, 1.807) is 14.2 Å². The van der Waals surface area contributed by atoms with Crippen molar-refractivity contribution in [3.63, 3.8) is 0 Å². The van der Waals surface area contributed by atoms with E-state index in [9.17, 15) is 0 Å². The van der Waals surface area contributed by atoms with Crippen molar-refractivity contribution in [2.24, 2.45) is 11.3 Å². The fraction of sp³-hybridized carbons (Fsp3) is 0.391. The van der Waals surface area contributed by atoms with Gasteiger partial charge in [-0.1, -0.05) is 58.4 Å². The van der Waals surface area contributed by atoms with Crippen molar-refractivity contribution in [3.8, 4) is 0 Å². The van der Waals surface area contributed by atoms with E-state index in [0.717, 1.165) is 34.3 Å². The number of ether oxygens (including phenoxy) is 2. The molecule has 1 aliphatic carbocycles. The Morgan fingerprint density at radius 2 is 1.80 bits per heavy atom. The molecule has 2 atom stereocenters. The number of hydrogen-bond donors (Lipinski definition) is 0. The van der Waals surface area contributed by atoms with Gasteiger partial charge < -0.3 is 9.47 Å². The van der Waals surface area contributed by atoms with E-state index in [0.29, 0.717) is 18.3 Å². The lowest BCUT2D eigenvalue weighted by Gasteiger charge is -2.25. The minimum atomic E-state index is 0.0117. The van der Waals surface area contributed by atoms with Crippen LogP contribution in [0.4, 0.5) is 0 Å². The Kier molecular flexibility index (Phi) is 7.44. The highest BCUT2D eigenvalue weighted by Crippen LogP contribution is 2.42. The lowest BCUT2D eigenvalue weighted by Crippen LogP contribution is -2.13. The van der Waals surface area contributed by atoms with Crippen LogP contribution in [0.2, 0.25) is 0 Å². The molecule has 136 valence electrons. The first-order chi connectivity index (χ1) is 11.6. The molecule has 25 heavy (non-hydrogen) atoms. The molecule has 0 heterocycles. The van der Waals surface area contributed by atoms with E-state index < -0.39 is 0 Å². The second-order valence-electron chi connectivity index (χ2n) is 7.04. The molecule has 0 aromatic heterocycles. The second-order valence-corrected chi connectivity index (χ2v) is 7.04. The third-order valence-electron chi connectivity index (χ3n) is 4.79. The van der Waals surface area contributed by atoms with Crippen LogP contribution in [0, 0.1) is 11.3 Å². The average molecular weight is 341 g/mol. The summed E-state index contributed by atoms with van der Waals surface area (Å²) in [6, 6.07) is 0. The lowest BCUT2D eigenvalue weighted by molar-refractivity contribution is 0.226. The van der Waals surface area contributed by atoms with Gasteiger partial charge in [0.25, 0.3) is 0 Å². The minimum Gasteiger partial charge on any atom is -0.497 e. The molecular weight excluding hydrogens is 308 g/mol. The van der Waals surface area contributed by atoms with Crippen molar-refractivity contribution >= 4 is 0 Å². The SMILES string of the molecule is C=C(/C=C(/COC)C(=C)C(=C)/C(C)=C\C(=C)[C@@]1(C)C=CC(C)C1)OC. The number of hydrogen-bond acceptors (Lipinski definition) is 2. The maximum atomic E-state index is 5.28. The third-order valence-corrected chi connectivity index (χ3v) is 4.79. The summed E-state index contributed by atoms with van der Waals surface area (Å²) < 4.78 is 10.4. The fourth-order valence-electron chi connectivity index (χ4n) is 2.99. The first-order valence-electron chi connectivity index (χ1n) is 8.53. The molecule has 0 aromatic rings. The van der Waals surface area contributed by atoms with Gasteiger partial charge in [0.15, 0.2) is 0 Å². The molecule has 1 unspecified atom stereocenters. The molecule has 0 amide bonds. The molecule has 0 spiro atoms. The van der Waals surface area contributed by atoms with Crippen molar-refractivity contribution in [3.05, 3.63) is 84.2 Å². The van der Waals surface area contributed by atoms with Crippen LogP contribution in [0.15, 0.2) is 84.2 Å². The van der Waals surface area contributed by atoms with Gasteiger partial charge in [-0.25, -0.2) is 0 Å². The third kappa shape index (κ3) is 5.47. The number of allylic oxidation sites excluding steroid dienone is 7. The Labute approximate surface area is 153 Å². The van der Waals surface area contributed by atoms with Crippen LogP contribution >= 0.6 is 0 Å². The normalized spacial score (nSPS) is 23.5. The number of methoxy groups -OCH3 is 2. The lowest BCUT2D eigenvalue weighted by atomic mass is 9.79. The minimum absolute atomic E-state index is 0.0117. The first-order valence-corrected chi connectivity index (χ1v) is 8.53. The van der Waals surface area contributed by atoms with Crippen LogP contribution in [0.25, 0.3) is 0 Å². The van der Waals surface area contributed by atoms with Crippen molar-refractivity contribution in [2.75, 3.05) is 20.8 Å². The Morgan fingerprint density at radius 1 is 1.16 bits per heavy atom. The van der Waals surface area contributed by atoms with Crippen LogP contribution in [0.1, 0.15) is 27.2 Å². The molecule has 0 aliphatic heterocycles. The van der Waals surface area contributed by atoms with E-state index in [2.05, 4.69) is 58.4 Å². The quantitative estimate of drug-likeness (QED) is 0.294. The monoisotopic (exact) mass is 340 g/mol. The zero-order valence-corrected chi connectivity index (χ0v) is 16.4. The molecular formula is C23H32O2. The summed E-state index contributed by atoms with van der Waals surface area (Å²) in [4.78, 5) is 0. The highest BCUT2D eigenvalue weighted by atomic mass is 16.5. The van der Waals surface area contributed by atoms with E-state index in [1.807, 2.05) is 13.0 Å². The van der Waals surface area contributed by atoms with Crippen LogP contribution in [0.5, 0.6) is 0 Å². The molecule has 2 nitrogen and oxygen atoms in total. The second kappa shape index (κ2) is 8.87. The summed E-state index contributed by atoms with van der Waals surface area (Å²) in [7, 11) is 3.24. The van der Waals surface area contributed by atoms with Gasteiger partial charge in [0.2, 0.25) is 0 Å². The van der Waals surface area contributed by atoms with Crippen molar-refractivity contribution < 1.29 is 9.47 Å². The van der Waals surface area contributed by atoms with Crippen LogP contribution < -0.4 is 0 Å². The van der Waals surface area contributed by atoms with Gasteiger partial charge in [-0.3, -0.25) is 0 Å². The Balaban J connectivity index is 2.98. The molecule has 0 bridgehead atoms. The fourth-order valence-corrected chi connectivity index (χ4v) is 2.99. The zero-order chi connectivity index (χ0) is 19.2. The average Bonchev–Trinajstić information content (AvgIpc) is 2.93. The molecule has 1 aliphatic rings. The predicted molar refractivity (Wildman–Crippen MR) is 108 cm³/mol. The highest BCUT2D eigenvalue weighted by Gasteiger charge is 2.29. The van der Waals surface area contributed by atoms with Crippen molar-refractivity contribution in [2.45, 2.75) is 27.2 Å². The molecule has 0 fully saturated rings. The largest absolute Gasteiger partial charge is 0.497 e. The summed E-state index contributed by atoms with van der Waals surface area (Å²) in [6.07, 6.45) is 9.57. The molecule has 0 radical (unpaired) electrons. The topological polar surface area (TPSA) is 18.5 Å². The summed E-state index contributed by atoms with van der Waals surface area (Å²) in [5.41, 5.74) is 4.75. The Bertz CT molecular complexity index is 658. The Hall–Kier alpha value is -2.06. The van der Waals surface area contributed by atoms with Crippen LogP contribution in [-0.2, 0) is 9.47 Å². The van der Waals surface area contributed by atoms with E-state index in [1.165, 1.54) is 0 Å². The summed E-state index contributed by atoms with van der Waals surface area (Å²) >= 11 is 0. The maximum Gasteiger partial charge on any atom is 0.112 e.